The van der Waals surface area contributed by atoms with E-state index in [4.69, 9.17) is 4.42 Å². The quantitative estimate of drug-likeness (QED) is 0.761. The van der Waals surface area contributed by atoms with E-state index < -0.39 is 0 Å². The first kappa shape index (κ1) is 16.4. The molecular formula is C21H21N3O2. The van der Waals surface area contributed by atoms with Crippen LogP contribution in [0, 0.1) is 20.8 Å². The first-order valence-electron chi connectivity index (χ1n) is 8.67. The van der Waals surface area contributed by atoms with Crippen molar-refractivity contribution in [3.05, 3.63) is 82.6 Å². The maximum atomic E-state index is 13.0. The summed E-state index contributed by atoms with van der Waals surface area (Å²) in [4.78, 5) is 19.2. The van der Waals surface area contributed by atoms with E-state index in [0.717, 1.165) is 28.3 Å². The molecule has 0 spiro atoms. The van der Waals surface area contributed by atoms with E-state index >= 15 is 0 Å². The van der Waals surface area contributed by atoms with Crippen LogP contribution in [-0.2, 0) is 6.54 Å². The zero-order valence-electron chi connectivity index (χ0n) is 15.1. The second kappa shape index (κ2) is 6.33. The lowest BCUT2D eigenvalue weighted by molar-refractivity contribution is 0.0714. The van der Waals surface area contributed by atoms with Gasteiger partial charge in [-0.3, -0.25) is 9.78 Å². The molecule has 0 radical (unpaired) electrons. The van der Waals surface area contributed by atoms with E-state index in [1.807, 2.05) is 18.2 Å². The lowest BCUT2D eigenvalue weighted by Gasteiger charge is -2.27. The number of anilines is 1. The van der Waals surface area contributed by atoms with Crippen LogP contribution >= 0.6 is 0 Å². The summed E-state index contributed by atoms with van der Waals surface area (Å²) in [6.45, 7) is 6.64. The monoisotopic (exact) mass is 347 g/mol. The highest BCUT2D eigenvalue weighted by Gasteiger charge is 2.38. The molecule has 1 N–H and O–H groups in total. The number of hydrogen-bond acceptors (Lipinski definition) is 4. The first-order valence-corrected chi connectivity index (χ1v) is 8.67. The minimum atomic E-state index is -0.330. The molecule has 0 bridgehead atoms. The van der Waals surface area contributed by atoms with Gasteiger partial charge < -0.3 is 14.6 Å². The lowest BCUT2D eigenvalue weighted by Crippen LogP contribution is -2.32. The number of carbonyl (C=O) groups excluding carboxylic acids is 1. The molecule has 4 rings (SSSR count). The van der Waals surface area contributed by atoms with Crippen molar-refractivity contribution in [3.63, 3.8) is 0 Å². The molecular weight excluding hydrogens is 326 g/mol. The second-order valence-electron chi connectivity index (χ2n) is 6.77. The van der Waals surface area contributed by atoms with Crippen molar-refractivity contribution in [1.82, 2.24) is 9.88 Å². The number of benzene rings is 1. The summed E-state index contributed by atoms with van der Waals surface area (Å²) < 4.78 is 5.46. The van der Waals surface area contributed by atoms with Crippen molar-refractivity contribution in [2.24, 2.45) is 0 Å². The Bertz CT molecular complexity index is 940. The Morgan fingerprint density at radius 3 is 2.62 bits per heavy atom. The summed E-state index contributed by atoms with van der Waals surface area (Å²) in [5.41, 5.74) is 5.95. The van der Waals surface area contributed by atoms with Crippen LogP contribution in [0.1, 0.15) is 44.7 Å². The number of nitrogens with one attached hydrogen (secondary N) is 1. The SMILES string of the molecule is Cc1cc(C)c(NC2c3ncccc3C(=O)N2Cc2ccco2)c(C)c1. The number of aryl methyl sites for hydroxylation is 3. The number of aromatic nitrogens is 1. The minimum absolute atomic E-state index is 0.0376. The zero-order valence-corrected chi connectivity index (χ0v) is 15.1. The van der Waals surface area contributed by atoms with Crippen molar-refractivity contribution in [2.45, 2.75) is 33.5 Å². The van der Waals surface area contributed by atoms with Gasteiger partial charge in [-0.2, -0.15) is 0 Å². The smallest absolute Gasteiger partial charge is 0.258 e. The lowest BCUT2D eigenvalue weighted by atomic mass is 10.0. The summed E-state index contributed by atoms with van der Waals surface area (Å²) in [6, 6.07) is 11.6. The number of nitrogens with zero attached hydrogens (tertiary/aromatic N) is 2. The number of furan rings is 1. The van der Waals surface area contributed by atoms with E-state index in [0.29, 0.717) is 12.1 Å². The summed E-state index contributed by atoms with van der Waals surface area (Å²) in [5, 5.41) is 3.55. The van der Waals surface area contributed by atoms with Crippen LogP contribution in [0.5, 0.6) is 0 Å². The third kappa shape index (κ3) is 2.75. The summed E-state index contributed by atoms with van der Waals surface area (Å²) in [7, 11) is 0. The fourth-order valence-electron chi connectivity index (χ4n) is 3.66. The van der Waals surface area contributed by atoms with Crippen LogP contribution in [0.4, 0.5) is 5.69 Å². The molecule has 1 aromatic carbocycles. The Morgan fingerprint density at radius 1 is 1.15 bits per heavy atom. The molecule has 1 atom stereocenters. The number of rotatable bonds is 4. The van der Waals surface area contributed by atoms with E-state index in [-0.39, 0.29) is 12.1 Å². The highest BCUT2D eigenvalue weighted by atomic mass is 16.3. The van der Waals surface area contributed by atoms with Crippen molar-refractivity contribution in [3.8, 4) is 0 Å². The van der Waals surface area contributed by atoms with E-state index in [2.05, 4.69) is 43.2 Å². The topological polar surface area (TPSA) is 58.4 Å². The maximum Gasteiger partial charge on any atom is 0.258 e. The fourth-order valence-corrected chi connectivity index (χ4v) is 3.66. The Hall–Kier alpha value is -3.08. The predicted molar refractivity (Wildman–Crippen MR) is 99.8 cm³/mol. The highest BCUT2D eigenvalue weighted by molar-refractivity contribution is 5.98. The van der Waals surface area contributed by atoms with E-state index in [1.54, 1.807) is 23.4 Å². The molecule has 2 aromatic heterocycles. The van der Waals surface area contributed by atoms with Crippen molar-refractivity contribution >= 4 is 11.6 Å². The molecule has 1 aliphatic heterocycles. The molecule has 0 saturated carbocycles. The Balaban J connectivity index is 1.74. The van der Waals surface area contributed by atoms with Gasteiger partial charge in [0.1, 0.15) is 11.9 Å². The minimum Gasteiger partial charge on any atom is -0.467 e. The second-order valence-corrected chi connectivity index (χ2v) is 6.77. The third-order valence-electron chi connectivity index (χ3n) is 4.76. The number of pyridine rings is 1. The Morgan fingerprint density at radius 2 is 1.92 bits per heavy atom. The molecule has 0 saturated heterocycles. The molecule has 1 amide bonds. The molecule has 3 heterocycles. The van der Waals surface area contributed by atoms with Crippen LogP contribution in [0.15, 0.2) is 53.3 Å². The van der Waals surface area contributed by atoms with Crippen molar-refractivity contribution in [2.75, 3.05) is 5.32 Å². The summed E-state index contributed by atoms with van der Waals surface area (Å²) in [6.07, 6.45) is 3.02. The standard InChI is InChI=1S/C21H21N3O2/c1-13-10-14(2)18(15(3)11-13)23-20-19-17(7-4-8-22-19)21(25)24(20)12-16-6-5-9-26-16/h4-11,20,23H,12H2,1-3H3. The number of fused-ring (bicyclic) bond motifs is 1. The Kier molecular flexibility index (Phi) is 3.99. The number of amides is 1. The van der Waals surface area contributed by atoms with Gasteiger partial charge in [0, 0.05) is 11.9 Å². The van der Waals surface area contributed by atoms with Gasteiger partial charge in [-0.05, 0) is 56.2 Å². The van der Waals surface area contributed by atoms with Gasteiger partial charge >= 0.3 is 0 Å². The third-order valence-corrected chi connectivity index (χ3v) is 4.76. The molecule has 26 heavy (non-hydrogen) atoms. The summed E-state index contributed by atoms with van der Waals surface area (Å²) >= 11 is 0. The van der Waals surface area contributed by atoms with Crippen LogP contribution in [0.25, 0.3) is 0 Å². The summed E-state index contributed by atoms with van der Waals surface area (Å²) in [5.74, 6) is 0.708. The molecule has 1 unspecified atom stereocenters. The molecule has 3 aromatic rings. The zero-order chi connectivity index (χ0) is 18.3. The van der Waals surface area contributed by atoms with Gasteiger partial charge in [0.05, 0.1) is 24.1 Å². The fraction of sp³-hybridized carbons (Fsp3) is 0.238. The first-order chi connectivity index (χ1) is 12.5. The molecule has 132 valence electrons. The van der Waals surface area contributed by atoms with Crippen molar-refractivity contribution < 1.29 is 9.21 Å². The largest absolute Gasteiger partial charge is 0.467 e. The van der Waals surface area contributed by atoms with Gasteiger partial charge in [-0.15, -0.1) is 0 Å². The molecule has 0 fully saturated rings. The molecule has 0 aliphatic carbocycles. The van der Waals surface area contributed by atoms with Crippen molar-refractivity contribution in [1.29, 1.82) is 0 Å². The van der Waals surface area contributed by atoms with Gasteiger partial charge in [0.15, 0.2) is 0 Å². The van der Waals surface area contributed by atoms with Crippen LogP contribution in [0.3, 0.4) is 0 Å². The Labute approximate surface area is 152 Å². The number of carbonyl (C=O) groups is 1. The van der Waals surface area contributed by atoms with E-state index in [9.17, 15) is 4.79 Å². The van der Waals surface area contributed by atoms with Crippen LogP contribution < -0.4 is 5.32 Å². The van der Waals surface area contributed by atoms with E-state index in [1.165, 1.54) is 5.56 Å². The van der Waals surface area contributed by atoms with Gasteiger partial charge in [0.2, 0.25) is 0 Å². The maximum absolute atomic E-state index is 13.0. The molecule has 5 heteroatoms. The van der Waals surface area contributed by atoms with Gasteiger partial charge in [-0.1, -0.05) is 17.7 Å². The predicted octanol–water partition coefficient (Wildman–Crippen LogP) is 4.37. The van der Waals surface area contributed by atoms with Crippen LogP contribution in [0.2, 0.25) is 0 Å². The average Bonchev–Trinajstić information content (AvgIpc) is 3.20. The van der Waals surface area contributed by atoms with Gasteiger partial charge in [-0.25, -0.2) is 0 Å². The number of hydrogen-bond donors (Lipinski definition) is 1. The molecule has 1 aliphatic rings. The average molecular weight is 347 g/mol. The highest BCUT2D eigenvalue weighted by Crippen LogP contribution is 2.36. The van der Waals surface area contributed by atoms with Gasteiger partial charge in [0.25, 0.3) is 5.91 Å². The van der Waals surface area contributed by atoms with Crippen LogP contribution in [-0.4, -0.2) is 15.8 Å². The normalized spacial score (nSPS) is 16.0. The molecule has 5 nitrogen and oxygen atoms in total.